The molecule has 16 heteroatoms. The summed E-state index contributed by atoms with van der Waals surface area (Å²) in [6.45, 7) is 4.00. The van der Waals surface area contributed by atoms with E-state index in [-0.39, 0.29) is 48.2 Å². The number of amides is 1. The van der Waals surface area contributed by atoms with Crippen molar-refractivity contribution in [3.8, 4) is 22.8 Å². The molecule has 246 valence electrons. The Morgan fingerprint density at radius 1 is 1.04 bits per heavy atom. The molecule has 0 aliphatic carbocycles. The van der Waals surface area contributed by atoms with Crippen LogP contribution in [-0.2, 0) is 4.79 Å². The quantitative estimate of drug-likeness (QED) is 0.107. The second kappa shape index (κ2) is 13.9. The summed E-state index contributed by atoms with van der Waals surface area (Å²) in [5.41, 5.74) is 3.38. The molecule has 0 bridgehead atoms. The van der Waals surface area contributed by atoms with Crippen LogP contribution < -0.4 is 15.0 Å². The van der Waals surface area contributed by atoms with Gasteiger partial charge in [0.25, 0.3) is 0 Å². The van der Waals surface area contributed by atoms with E-state index in [1.807, 2.05) is 24.3 Å². The molecule has 0 unspecified atom stereocenters. The maximum Gasteiger partial charge on any atom is 0.499 e. The smallest absolute Gasteiger partial charge is 0.426 e. The molecule has 1 fully saturated rings. The van der Waals surface area contributed by atoms with Crippen molar-refractivity contribution in [3.63, 3.8) is 0 Å². The molecule has 0 atom stereocenters. The Hall–Kier alpha value is -4.83. The zero-order valence-corrected chi connectivity index (χ0v) is 25.8. The van der Waals surface area contributed by atoms with Crippen LogP contribution in [-0.4, -0.2) is 68.3 Å². The lowest BCUT2D eigenvalue weighted by molar-refractivity contribution is -0.360. The van der Waals surface area contributed by atoms with E-state index in [1.165, 1.54) is 28.6 Å². The minimum atomic E-state index is -5.88. The molecule has 47 heavy (non-hydrogen) atoms. The van der Waals surface area contributed by atoms with Gasteiger partial charge < -0.3 is 15.2 Å². The predicted molar refractivity (Wildman–Crippen MR) is 170 cm³/mol. The number of alkyl halides is 5. The number of hydrogen-bond donors (Lipinski definition) is 2. The summed E-state index contributed by atoms with van der Waals surface area (Å²) in [6, 6.07) is 19.0. The van der Waals surface area contributed by atoms with Crippen molar-refractivity contribution in [3.05, 3.63) is 83.9 Å². The minimum absolute atomic E-state index is 0.0755. The van der Waals surface area contributed by atoms with Crippen molar-refractivity contribution in [1.82, 2.24) is 14.8 Å². The maximum absolute atomic E-state index is 13.3. The highest BCUT2D eigenvalue weighted by Gasteiger charge is 2.61. The molecule has 1 aromatic heterocycles. The second-order valence-electron chi connectivity index (χ2n) is 10.4. The van der Waals surface area contributed by atoms with Crippen LogP contribution in [0.2, 0.25) is 0 Å². The summed E-state index contributed by atoms with van der Waals surface area (Å²) in [4.78, 5) is 18.7. The van der Waals surface area contributed by atoms with Crippen molar-refractivity contribution in [2.24, 2.45) is 10.2 Å². The van der Waals surface area contributed by atoms with Crippen molar-refractivity contribution < 1.29 is 36.6 Å². The summed E-state index contributed by atoms with van der Waals surface area (Å²) in [5, 5.41) is 25.6. The van der Waals surface area contributed by atoms with E-state index in [4.69, 9.17) is 0 Å². The summed E-state index contributed by atoms with van der Waals surface area (Å²) < 4.78 is 69.3. The van der Waals surface area contributed by atoms with Gasteiger partial charge in [0, 0.05) is 12.1 Å². The molecule has 5 rings (SSSR count). The van der Waals surface area contributed by atoms with Gasteiger partial charge in [-0.1, -0.05) is 68.1 Å². The SMILES string of the molecule is CC(C)c1ccccc1N1C(=O)CSC1=NN=Cc1ccc(-c2nc(NCCO)n(-c3ccc(OC(F)(F)C(F)(F)F)cc3)n2)cc1. The molecule has 0 saturated carbocycles. The third-order valence-corrected chi connectivity index (χ3v) is 7.66. The second-order valence-corrected chi connectivity index (χ2v) is 11.4. The number of aliphatic hydroxyl groups excluding tert-OH is 1. The number of para-hydroxylation sites is 1. The van der Waals surface area contributed by atoms with Crippen molar-refractivity contribution in [2.45, 2.75) is 32.1 Å². The van der Waals surface area contributed by atoms with E-state index in [1.54, 1.807) is 35.4 Å². The number of nitrogens with one attached hydrogen (secondary N) is 1. The van der Waals surface area contributed by atoms with Gasteiger partial charge in [0.05, 0.1) is 29.9 Å². The number of carbonyl (C=O) groups is 1. The van der Waals surface area contributed by atoms with Crippen molar-refractivity contribution in [2.75, 3.05) is 29.1 Å². The molecule has 2 N–H and O–H groups in total. The molecule has 4 aromatic rings. The van der Waals surface area contributed by atoms with E-state index in [0.717, 1.165) is 23.4 Å². The molecule has 0 radical (unpaired) electrons. The Bertz CT molecular complexity index is 1780. The van der Waals surface area contributed by atoms with E-state index in [0.29, 0.717) is 16.3 Å². The van der Waals surface area contributed by atoms with Crippen LogP contribution in [0.3, 0.4) is 0 Å². The Morgan fingerprint density at radius 2 is 1.74 bits per heavy atom. The molecule has 1 aliphatic rings. The van der Waals surface area contributed by atoms with Gasteiger partial charge in [0.2, 0.25) is 11.9 Å². The Kier molecular flexibility index (Phi) is 9.91. The van der Waals surface area contributed by atoms with Crippen LogP contribution in [0.25, 0.3) is 17.1 Å². The highest BCUT2D eigenvalue weighted by molar-refractivity contribution is 8.15. The first kappa shape index (κ1) is 33.5. The fourth-order valence-electron chi connectivity index (χ4n) is 4.47. The Balaban J connectivity index is 1.33. The number of amidine groups is 1. The van der Waals surface area contributed by atoms with Gasteiger partial charge in [-0.05, 0) is 47.4 Å². The molecule has 10 nitrogen and oxygen atoms in total. The highest BCUT2D eigenvalue weighted by Crippen LogP contribution is 2.37. The lowest BCUT2D eigenvalue weighted by Crippen LogP contribution is -2.41. The largest absolute Gasteiger partial charge is 0.499 e. The summed E-state index contributed by atoms with van der Waals surface area (Å²) in [6.07, 6.45) is -9.69. The minimum Gasteiger partial charge on any atom is -0.426 e. The number of aliphatic hydroxyl groups is 1. The number of benzene rings is 3. The van der Waals surface area contributed by atoms with Gasteiger partial charge >= 0.3 is 12.3 Å². The molecule has 3 aromatic carbocycles. The Labute approximate surface area is 270 Å². The van der Waals surface area contributed by atoms with Gasteiger partial charge in [-0.25, -0.2) is 0 Å². The zero-order chi connectivity index (χ0) is 33.8. The number of anilines is 2. The molecular formula is C31H28F5N7O3S. The van der Waals surface area contributed by atoms with E-state index in [2.05, 4.69) is 44.2 Å². The van der Waals surface area contributed by atoms with Gasteiger partial charge in [-0.15, -0.1) is 10.2 Å². The first-order valence-corrected chi connectivity index (χ1v) is 15.2. The summed E-state index contributed by atoms with van der Waals surface area (Å²) >= 11 is 1.31. The van der Waals surface area contributed by atoms with Crippen LogP contribution in [0.4, 0.5) is 33.6 Å². The number of rotatable bonds is 11. The third-order valence-electron chi connectivity index (χ3n) is 6.74. The highest BCUT2D eigenvalue weighted by atomic mass is 32.2. The molecule has 2 heterocycles. The summed E-state index contributed by atoms with van der Waals surface area (Å²) in [7, 11) is 0. The number of nitrogens with zero attached hydrogens (tertiary/aromatic N) is 6. The van der Waals surface area contributed by atoms with Crippen LogP contribution in [0, 0.1) is 0 Å². The van der Waals surface area contributed by atoms with Gasteiger partial charge in [0.1, 0.15) is 5.75 Å². The van der Waals surface area contributed by atoms with E-state index >= 15 is 0 Å². The lowest BCUT2D eigenvalue weighted by Gasteiger charge is -2.20. The topological polar surface area (TPSA) is 117 Å². The standard InChI is InChI=1S/C31H28F5N7O3S/c1-19(2)24-5-3-4-6-25(24)42-26(45)18-47-29(42)40-38-17-20-7-9-21(10-8-20)27-39-28(37-15-16-44)43(41-27)22-11-13-23(14-12-22)46-31(35,36)30(32,33)34/h3-14,17,19,44H,15-16,18H2,1-2H3,(H,37,39,41). The number of thioether (sulfide) groups is 1. The average Bonchev–Trinajstić information content (AvgIpc) is 3.63. The van der Waals surface area contributed by atoms with Crippen LogP contribution in [0.5, 0.6) is 5.75 Å². The van der Waals surface area contributed by atoms with Crippen molar-refractivity contribution >= 4 is 40.7 Å². The predicted octanol–water partition coefficient (Wildman–Crippen LogP) is 6.47. The monoisotopic (exact) mass is 673 g/mol. The van der Waals surface area contributed by atoms with Crippen LogP contribution >= 0.6 is 11.8 Å². The summed E-state index contributed by atoms with van der Waals surface area (Å²) in [5.74, 6) is 0.146. The molecule has 1 amide bonds. The van der Waals surface area contributed by atoms with Gasteiger partial charge in [-0.3, -0.25) is 9.69 Å². The number of hydrogen-bond acceptors (Lipinski definition) is 9. The van der Waals surface area contributed by atoms with Gasteiger partial charge in [-0.2, -0.15) is 36.7 Å². The number of aromatic nitrogens is 3. The lowest BCUT2D eigenvalue weighted by atomic mass is 10.0. The first-order valence-electron chi connectivity index (χ1n) is 14.2. The number of halogens is 5. The molecule has 1 aliphatic heterocycles. The fourth-order valence-corrected chi connectivity index (χ4v) is 5.29. The van der Waals surface area contributed by atoms with E-state index in [9.17, 15) is 31.9 Å². The average molecular weight is 674 g/mol. The van der Waals surface area contributed by atoms with Crippen LogP contribution in [0.15, 0.2) is 83.0 Å². The first-order chi connectivity index (χ1) is 22.4. The fraction of sp³-hybridized carbons (Fsp3) is 0.258. The van der Waals surface area contributed by atoms with E-state index < -0.39 is 18.0 Å². The van der Waals surface area contributed by atoms with Crippen LogP contribution in [0.1, 0.15) is 30.9 Å². The zero-order valence-electron chi connectivity index (χ0n) is 24.9. The maximum atomic E-state index is 13.3. The molecular weight excluding hydrogens is 645 g/mol. The normalized spacial score (nSPS) is 15.0. The molecule has 1 saturated heterocycles. The Morgan fingerprint density at radius 3 is 2.40 bits per heavy atom. The molecule has 0 spiro atoms. The van der Waals surface area contributed by atoms with Crippen molar-refractivity contribution in [1.29, 1.82) is 0 Å². The van der Waals surface area contributed by atoms with Gasteiger partial charge in [0.15, 0.2) is 11.0 Å². The number of carbonyl (C=O) groups excluding carboxylic acids is 1. The third kappa shape index (κ3) is 7.60. The number of ether oxygens (including phenoxy) is 1.